The molecule has 1 aromatic rings. The van der Waals surface area contributed by atoms with Crippen LogP contribution in [0.15, 0.2) is 29.2 Å². The van der Waals surface area contributed by atoms with Crippen LogP contribution in [0.2, 0.25) is 0 Å². The van der Waals surface area contributed by atoms with Crippen molar-refractivity contribution in [3.8, 4) is 0 Å². The fourth-order valence-corrected chi connectivity index (χ4v) is 4.01. The number of sulfonamides is 1. The Balaban J connectivity index is 2.07. The second-order valence-corrected chi connectivity index (χ2v) is 7.71. The highest BCUT2D eigenvalue weighted by Gasteiger charge is 2.28. The van der Waals surface area contributed by atoms with Crippen molar-refractivity contribution >= 4 is 15.9 Å². The normalized spacial score (nSPS) is 18.5. The van der Waals surface area contributed by atoms with Crippen molar-refractivity contribution in [2.24, 2.45) is 5.73 Å². The van der Waals surface area contributed by atoms with Gasteiger partial charge in [-0.15, -0.1) is 0 Å². The van der Waals surface area contributed by atoms with Crippen molar-refractivity contribution < 1.29 is 17.6 Å². The van der Waals surface area contributed by atoms with Gasteiger partial charge in [0.05, 0.1) is 4.90 Å². The molecule has 1 heterocycles. The Bertz CT molecular complexity index is 646. The number of hydrogen-bond donors (Lipinski definition) is 1. The zero-order valence-corrected chi connectivity index (χ0v) is 13.9. The molecule has 0 spiro atoms. The third-order valence-electron chi connectivity index (χ3n) is 3.76. The van der Waals surface area contributed by atoms with E-state index in [4.69, 9.17) is 5.73 Å². The molecule has 23 heavy (non-hydrogen) atoms. The number of benzene rings is 1. The number of carbonyl (C=O) groups excluding carboxylic acids is 1. The molecule has 1 aliphatic rings. The summed E-state index contributed by atoms with van der Waals surface area (Å²) in [6.45, 7) is 3.18. The van der Waals surface area contributed by atoms with E-state index in [2.05, 4.69) is 0 Å². The van der Waals surface area contributed by atoms with Crippen LogP contribution in [0.3, 0.4) is 0 Å². The van der Waals surface area contributed by atoms with Crippen LogP contribution < -0.4 is 5.73 Å². The maximum Gasteiger partial charge on any atom is 0.243 e. The molecule has 0 bridgehead atoms. The molecule has 1 aliphatic heterocycles. The van der Waals surface area contributed by atoms with Gasteiger partial charge in [0, 0.05) is 38.6 Å². The van der Waals surface area contributed by atoms with Crippen molar-refractivity contribution in [3.63, 3.8) is 0 Å². The lowest BCUT2D eigenvalue weighted by atomic mass is 10.2. The first-order chi connectivity index (χ1) is 10.8. The molecule has 1 aromatic carbocycles. The van der Waals surface area contributed by atoms with Crippen molar-refractivity contribution in [1.29, 1.82) is 0 Å². The minimum Gasteiger partial charge on any atom is -0.341 e. The van der Waals surface area contributed by atoms with Crippen molar-refractivity contribution in [3.05, 3.63) is 30.1 Å². The van der Waals surface area contributed by atoms with Gasteiger partial charge in [-0.1, -0.05) is 0 Å². The predicted octanol–water partition coefficient (Wildman–Crippen LogP) is 0.786. The van der Waals surface area contributed by atoms with Crippen molar-refractivity contribution in [2.45, 2.75) is 30.7 Å². The van der Waals surface area contributed by atoms with E-state index in [9.17, 15) is 17.6 Å². The molecule has 6 nitrogen and oxygen atoms in total. The van der Waals surface area contributed by atoms with Gasteiger partial charge < -0.3 is 10.6 Å². The summed E-state index contributed by atoms with van der Waals surface area (Å²) in [5.41, 5.74) is 5.64. The first-order valence-electron chi connectivity index (χ1n) is 7.60. The molecule has 0 aliphatic carbocycles. The van der Waals surface area contributed by atoms with Crippen molar-refractivity contribution in [2.75, 3.05) is 26.2 Å². The van der Waals surface area contributed by atoms with E-state index in [-0.39, 0.29) is 29.8 Å². The molecule has 2 rings (SSSR count). The number of halogens is 1. The van der Waals surface area contributed by atoms with Gasteiger partial charge >= 0.3 is 0 Å². The van der Waals surface area contributed by atoms with Gasteiger partial charge in [-0.05, 0) is 37.6 Å². The smallest absolute Gasteiger partial charge is 0.243 e. The van der Waals surface area contributed by atoms with Crippen LogP contribution in [0, 0.1) is 5.82 Å². The van der Waals surface area contributed by atoms with E-state index in [0.29, 0.717) is 26.1 Å². The lowest BCUT2D eigenvalue weighted by Crippen LogP contribution is -2.39. The van der Waals surface area contributed by atoms with E-state index in [0.717, 1.165) is 12.1 Å². The second kappa shape index (κ2) is 7.37. The highest BCUT2D eigenvalue weighted by Crippen LogP contribution is 2.18. The van der Waals surface area contributed by atoms with Gasteiger partial charge in [0.25, 0.3) is 0 Å². The Morgan fingerprint density at radius 2 is 1.87 bits per heavy atom. The number of nitrogens with two attached hydrogens (primary N) is 1. The third kappa shape index (κ3) is 4.49. The molecule has 1 fully saturated rings. The lowest BCUT2D eigenvalue weighted by Gasteiger charge is -2.22. The highest BCUT2D eigenvalue weighted by molar-refractivity contribution is 7.89. The van der Waals surface area contributed by atoms with E-state index < -0.39 is 15.8 Å². The van der Waals surface area contributed by atoms with Crippen LogP contribution in [0.25, 0.3) is 0 Å². The first kappa shape index (κ1) is 17.8. The van der Waals surface area contributed by atoms with Gasteiger partial charge in [-0.3, -0.25) is 4.79 Å². The monoisotopic (exact) mass is 343 g/mol. The summed E-state index contributed by atoms with van der Waals surface area (Å²) in [7, 11) is -3.67. The van der Waals surface area contributed by atoms with Gasteiger partial charge in [0.2, 0.25) is 15.9 Å². The molecule has 1 atom stereocenters. The summed E-state index contributed by atoms with van der Waals surface area (Å²) in [5, 5.41) is 0. The Morgan fingerprint density at radius 1 is 1.22 bits per heavy atom. The van der Waals surface area contributed by atoms with Crippen LogP contribution >= 0.6 is 0 Å². The van der Waals surface area contributed by atoms with E-state index in [1.54, 1.807) is 11.8 Å². The number of rotatable bonds is 4. The van der Waals surface area contributed by atoms with Crippen LogP contribution in [0.5, 0.6) is 0 Å². The average molecular weight is 343 g/mol. The van der Waals surface area contributed by atoms with E-state index >= 15 is 0 Å². The second-order valence-electron chi connectivity index (χ2n) is 5.77. The summed E-state index contributed by atoms with van der Waals surface area (Å²) in [5.74, 6) is -0.534. The maximum absolute atomic E-state index is 13.0. The molecule has 0 saturated carbocycles. The molecular formula is C15H22FN3O3S. The fraction of sp³-hybridized carbons (Fsp3) is 0.533. The largest absolute Gasteiger partial charge is 0.341 e. The number of hydrogen-bond acceptors (Lipinski definition) is 4. The zero-order valence-electron chi connectivity index (χ0n) is 13.1. The number of carbonyl (C=O) groups is 1. The summed E-state index contributed by atoms with van der Waals surface area (Å²) in [4.78, 5) is 13.8. The maximum atomic E-state index is 13.0. The highest BCUT2D eigenvalue weighted by atomic mass is 32.2. The average Bonchev–Trinajstić information content (AvgIpc) is 2.73. The molecule has 8 heteroatoms. The molecular weight excluding hydrogens is 321 g/mol. The molecule has 1 saturated heterocycles. The number of nitrogens with zero attached hydrogens (tertiary/aromatic N) is 2. The lowest BCUT2D eigenvalue weighted by molar-refractivity contribution is -0.131. The minimum atomic E-state index is -3.67. The Hall–Kier alpha value is -1.51. The Labute approximate surface area is 136 Å². The Kier molecular flexibility index (Phi) is 5.72. The molecule has 0 radical (unpaired) electrons. The van der Waals surface area contributed by atoms with Crippen LogP contribution in [0.1, 0.15) is 19.8 Å². The van der Waals surface area contributed by atoms with Crippen LogP contribution in [-0.2, 0) is 14.8 Å². The van der Waals surface area contributed by atoms with Gasteiger partial charge in [-0.2, -0.15) is 4.31 Å². The molecule has 128 valence electrons. The van der Waals surface area contributed by atoms with Crippen molar-refractivity contribution in [1.82, 2.24) is 9.21 Å². The number of amides is 1. The summed E-state index contributed by atoms with van der Waals surface area (Å²) in [6.07, 6.45) is 0.815. The summed E-state index contributed by atoms with van der Waals surface area (Å²) in [6, 6.07) is 4.56. The van der Waals surface area contributed by atoms with Gasteiger partial charge in [0.15, 0.2) is 0 Å². The topological polar surface area (TPSA) is 83.7 Å². The predicted molar refractivity (Wildman–Crippen MR) is 84.6 cm³/mol. The summed E-state index contributed by atoms with van der Waals surface area (Å²) < 4.78 is 39.5. The molecule has 1 amide bonds. The standard InChI is InChI=1S/C15H22FN3O3S/c1-12(17)11-15(20)18-7-2-8-19(10-9-18)23(21,22)14-5-3-13(16)4-6-14/h3-6,12H,2,7-11,17H2,1H3. The van der Waals surface area contributed by atoms with Gasteiger partial charge in [0.1, 0.15) is 5.82 Å². The van der Waals surface area contributed by atoms with E-state index in [1.165, 1.54) is 16.4 Å². The molecule has 2 N–H and O–H groups in total. The first-order valence-corrected chi connectivity index (χ1v) is 9.04. The quantitative estimate of drug-likeness (QED) is 0.876. The molecule has 0 aromatic heterocycles. The fourth-order valence-electron chi connectivity index (χ4n) is 2.54. The van der Waals surface area contributed by atoms with Crippen LogP contribution in [-0.4, -0.2) is 55.8 Å². The SMILES string of the molecule is CC(N)CC(=O)N1CCCN(S(=O)(=O)c2ccc(F)cc2)CC1. The minimum absolute atomic E-state index is 0.0546. The zero-order chi connectivity index (χ0) is 17.0. The molecule has 1 unspecified atom stereocenters. The third-order valence-corrected chi connectivity index (χ3v) is 5.67. The Morgan fingerprint density at radius 3 is 2.48 bits per heavy atom. The van der Waals surface area contributed by atoms with Gasteiger partial charge in [-0.25, -0.2) is 12.8 Å². The summed E-state index contributed by atoms with van der Waals surface area (Å²) >= 11 is 0. The van der Waals surface area contributed by atoms with E-state index in [1.807, 2.05) is 0 Å². The van der Waals surface area contributed by atoms with Crippen LogP contribution in [0.4, 0.5) is 4.39 Å².